The number of para-hydroxylation sites is 1. The highest BCUT2D eigenvalue weighted by Crippen LogP contribution is 2.29. The minimum atomic E-state index is 0.569. The summed E-state index contributed by atoms with van der Waals surface area (Å²) < 4.78 is 5.69. The van der Waals surface area contributed by atoms with Crippen molar-refractivity contribution in [3.05, 3.63) is 53.6 Å². The summed E-state index contributed by atoms with van der Waals surface area (Å²) in [5, 5.41) is 7.03. The predicted octanol–water partition coefficient (Wildman–Crippen LogP) is 4.05. The van der Waals surface area contributed by atoms with Gasteiger partial charge in [-0.05, 0) is 48.6 Å². The number of nitrogens with one attached hydrogen (secondary N) is 2. The zero-order valence-electron chi connectivity index (χ0n) is 10.3. The van der Waals surface area contributed by atoms with Crippen molar-refractivity contribution in [2.45, 2.75) is 0 Å². The first-order chi connectivity index (χ1) is 9.19. The van der Waals surface area contributed by atoms with Gasteiger partial charge in [-0.15, -0.1) is 0 Å². The largest absolute Gasteiger partial charge is 0.456 e. The second kappa shape index (κ2) is 6.41. The first kappa shape index (κ1) is 13.6. The van der Waals surface area contributed by atoms with Crippen LogP contribution in [0.15, 0.2) is 48.5 Å². The van der Waals surface area contributed by atoms with Crippen LogP contribution >= 0.6 is 23.8 Å². The molecule has 0 spiro atoms. The molecule has 19 heavy (non-hydrogen) atoms. The Labute approximate surface area is 122 Å². The van der Waals surface area contributed by atoms with Crippen LogP contribution < -0.4 is 15.4 Å². The van der Waals surface area contributed by atoms with E-state index in [0.717, 1.165) is 5.69 Å². The van der Waals surface area contributed by atoms with Gasteiger partial charge in [-0.1, -0.05) is 23.7 Å². The molecule has 98 valence electrons. The van der Waals surface area contributed by atoms with Crippen LogP contribution in [0.4, 0.5) is 5.69 Å². The minimum absolute atomic E-state index is 0.569. The van der Waals surface area contributed by atoms with Crippen LogP contribution in [-0.4, -0.2) is 12.2 Å². The normalized spacial score (nSPS) is 9.79. The molecule has 2 aromatic carbocycles. The topological polar surface area (TPSA) is 33.3 Å². The standard InChI is InChI=1S/C14H13ClN2OS/c1-16-14(19)17-10-6-8-11(9-7-10)18-13-5-3-2-4-12(13)15/h2-9H,1H3,(H2,16,17,19). The molecule has 2 rings (SSSR count). The molecular formula is C14H13ClN2OS. The first-order valence-electron chi connectivity index (χ1n) is 5.70. The number of anilines is 1. The maximum absolute atomic E-state index is 6.03. The summed E-state index contributed by atoms with van der Waals surface area (Å²) in [5.41, 5.74) is 0.894. The van der Waals surface area contributed by atoms with E-state index in [2.05, 4.69) is 10.6 Å². The summed E-state index contributed by atoms with van der Waals surface area (Å²) in [6.07, 6.45) is 0. The molecule has 0 atom stereocenters. The van der Waals surface area contributed by atoms with E-state index >= 15 is 0 Å². The van der Waals surface area contributed by atoms with Crippen molar-refractivity contribution in [1.82, 2.24) is 5.32 Å². The quantitative estimate of drug-likeness (QED) is 0.836. The predicted molar refractivity (Wildman–Crippen MR) is 83.2 cm³/mol. The smallest absolute Gasteiger partial charge is 0.170 e. The van der Waals surface area contributed by atoms with E-state index in [1.165, 1.54) is 0 Å². The Hall–Kier alpha value is -1.78. The lowest BCUT2D eigenvalue weighted by atomic mass is 10.3. The number of ether oxygens (including phenoxy) is 1. The van der Waals surface area contributed by atoms with Crippen molar-refractivity contribution in [2.24, 2.45) is 0 Å². The van der Waals surface area contributed by atoms with Crippen LogP contribution in [0.2, 0.25) is 5.02 Å². The lowest BCUT2D eigenvalue weighted by Crippen LogP contribution is -2.23. The Kier molecular flexibility index (Phi) is 4.60. The van der Waals surface area contributed by atoms with Crippen molar-refractivity contribution >= 4 is 34.6 Å². The van der Waals surface area contributed by atoms with Gasteiger partial charge in [0.25, 0.3) is 0 Å². The van der Waals surface area contributed by atoms with Crippen LogP contribution in [0, 0.1) is 0 Å². The average molecular weight is 293 g/mol. The van der Waals surface area contributed by atoms with Gasteiger partial charge in [-0.25, -0.2) is 0 Å². The summed E-state index contributed by atoms with van der Waals surface area (Å²) in [4.78, 5) is 0. The van der Waals surface area contributed by atoms with Crippen LogP contribution in [0.25, 0.3) is 0 Å². The van der Waals surface area contributed by atoms with Crippen molar-refractivity contribution in [3.63, 3.8) is 0 Å². The Balaban J connectivity index is 2.07. The van der Waals surface area contributed by atoms with Crippen LogP contribution in [0.5, 0.6) is 11.5 Å². The molecule has 0 aliphatic heterocycles. The number of benzene rings is 2. The third-order valence-electron chi connectivity index (χ3n) is 2.40. The highest BCUT2D eigenvalue weighted by Gasteiger charge is 2.02. The molecule has 2 aromatic rings. The Morgan fingerprint density at radius 2 is 1.79 bits per heavy atom. The van der Waals surface area contributed by atoms with Crippen LogP contribution in [0.1, 0.15) is 0 Å². The van der Waals surface area contributed by atoms with E-state index < -0.39 is 0 Å². The fraction of sp³-hybridized carbons (Fsp3) is 0.0714. The molecule has 0 aromatic heterocycles. The van der Waals surface area contributed by atoms with E-state index in [4.69, 9.17) is 28.6 Å². The van der Waals surface area contributed by atoms with Gasteiger partial charge >= 0.3 is 0 Å². The van der Waals surface area contributed by atoms with Crippen LogP contribution in [0.3, 0.4) is 0 Å². The van der Waals surface area contributed by atoms with Crippen molar-refractivity contribution in [2.75, 3.05) is 12.4 Å². The molecule has 2 N–H and O–H groups in total. The van der Waals surface area contributed by atoms with Gasteiger partial charge in [-0.2, -0.15) is 0 Å². The number of hydrogen-bond acceptors (Lipinski definition) is 2. The molecule has 0 unspecified atom stereocenters. The van der Waals surface area contributed by atoms with Crippen molar-refractivity contribution in [1.29, 1.82) is 0 Å². The van der Waals surface area contributed by atoms with E-state index in [9.17, 15) is 0 Å². The third kappa shape index (κ3) is 3.84. The molecule has 3 nitrogen and oxygen atoms in total. The first-order valence-corrected chi connectivity index (χ1v) is 6.49. The number of rotatable bonds is 3. The van der Waals surface area contributed by atoms with Gasteiger partial charge in [0.15, 0.2) is 5.11 Å². The van der Waals surface area contributed by atoms with Gasteiger partial charge in [0.1, 0.15) is 11.5 Å². The average Bonchev–Trinajstić information content (AvgIpc) is 2.43. The molecule has 0 saturated heterocycles. The van der Waals surface area contributed by atoms with Gasteiger partial charge in [0, 0.05) is 12.7 Å². The second-order valence-corrected chi connectivity index (χ2v) is 4.58. The fourth-order valence-corrected chi connectivity index (χ4v) is 1.75. The van der Waals surface area contributed by atoms with Gasteiger partial charge in [-0.3, -0.25) is 0 Å². The Bertz CT molecular complexity index is 572. The van der Waals surface area contributed by atoms with E-state index in [1.807, 2.05) is 42.5 Å². The Morgan fingerprint density at radius 1 is 1.11 bits per heavy atom. The summed E-state index contributed by atoms with van der Waals surface area (Å²) in [6, 6.07) is 14.8. The van der Waals surface area contributed by atoms with E-state index in [1.54, 1.807) is 13.1 Å². The zero-order chi connectivity index (χ0) is 13.7. The lowest BCUT2D eigenvalue weighted by Gasteiger charge is -2.09. The molecule has 0 radical (unpaired) electrons. The van der Waals surface area contributed by atoms with Crippen molar-refractivity contribution < 1.29 is 4.74 Å². The molecule has 5 heteroatoms. The molecule has 0 amide bonds. The van der Waals surface area contributed by atoms with Gasteiger partial charge < -0.3 is 15.4 Å². The monoisotopic (exact) mass is 292 g/mol. The number of thiocarbonyl (C=S) groups is 1. The molecule has 0 bridgehead atoms. The zero-order valence-corrected chi connectivity index (χ0v) is 11.9. The summed E-state index contributed by atoms with van der Waals surface area (Å²) in [5.74, 6) is 1.35. The molecular weight excluding hydrogens is 280 g/mol. The maximum Gasteiger partial charge on any atom is 0.170 e. The summed E-state index contributed by atoms with van der Waals surface area (Å²) in [6.45, 7) is 0. The summed E-state index contributed by atoms with van der Waals surface area (Å²) >= 11 is 11.1. The number of halogens is 1. The Morgan fingerprint density at radius 3 is 2.42 bits per heavy atom. The second-order valence-electron chi connectivity index (χ2n) is 3.76. The van der Waals surface area contributed by atoms with Gasteiger partial charge in [0.2, 0.25) is 0 Å². The molecule has 0 aliphatic rings. The lowest BCUT2D eigenvalue weighted by molar-refractivity contribution is 0.483. The van der Waals surface area contributed by atoms with E-state index in [-0.39, 0.29) is 0 Å². The van der Waals surface area contributed by atoms with E-state index in [0.29, 0.717) is 21.6 Å². The highest BCUT2D eigenvalue weighted by molar-refractivity contribution is 7.80. The minimum Gasteiger partial charge on any atom is -0.456 e. The highest BCUT2D eigenvalue weighted by atomic mass is 35.5. The SMILES string of the molecule is CNC(=S)Nc1ccc(Oc2ccccc2Cl)cc1. The molecule has 0 aliphatic carbocycles. The van der Waals surface area contributed by atoms with Crippen LogP contribution in [-0.2, 0) is 0 Å². The van der Waals surface area contributed by atoms with Crippen molar-refractivity contribution in [3.8, 4) is 11.5 Å². The number of hydrogen-bond donors (Lipinski definition) is 2. The van der Waals surface area contributed by atoms with Gasteiger partial charge in [0.05, 0.1) is 5.02 Å². The molecule has 0 heterocycles. The fourth-order valence-electron chi connectivity index (χ4n) is 1.45. The molecule has 0 saturated carbocycles. The third-order valence-corrected chi connectivity index (χ3v) is 3.02. The maximum atomic E-state index is 6.03. The molecule has 0 fully saturated rings. The summed E-state index contributed by atoms with van der Waals surface area (Å²) in [7, 11) is 1.77.